The Labute approximate surface area is 117 Å². The van der Waals surface area contributed by atoms with Crippen LogP contribution in [0.3, 0.4) is 0 Å². The molecule has 3 rings (SSSR count). The fourth-order valence-electron chi connectivity index (χ4n) is 2.19. The minimum Gasteiger partial charge on any atom is -0.353 e. The first-order valence-corrected chi connectivity index (χ1v) is 6.76. The van der Waals surface area contributed by atoms with Crippen LogP contribution in [-0.2, 0) is 0 Å². The maximum absolute atomic E-state index is 5.98. The summed E-state index contributed by atoms with van der Waals surface area (Å²) >= 11 is 5.98. The van der Waals surface area contributed by atoms with Gasteiger partial charge in [-0.05, 0) is 24.3 Å². The summed E-state index contributed by atoms with van der Waals surface area (Å²) in [6.07, 6.45) is 0. The van der Waals surface area contributed by atoms with E-state index in [4.69, 9.17) is 11.6 Å². The highest BCUT2D eigenvalue weighted by atomic mass is 35.5. The molecule has 19 heavy (non-hydrogen) atoms. The molecule has 98 valence electrons. The molecular formula is C14H15ClN4. The number of halogens is 1. The molecule has 4 nitrogen and oxygen atoms in total. The van der Waals surface area contributed by atoms with Crippen LogP contribution >= 0.6 is 11.6 Å². The first-order valence-electron chi connectivity index (χ1n) is 6.38. The van der Waals surface area contributed by atoms with Crippen molar-refractivity contribution in [2.75, 3.05) is 31.1 Å². The topological polar surface area (TPSA) is 41.0 Å². The molecule has 0 saturated carbocycles. The summed E-state index contributed by atoms with van der Waals surface area (Å²) in [5, 5.41) is 12.6. The molecule has 0 unspecified atom stereocenters. The van der Waals surface area contributed by atoms with Gasteiger partial charge in [-0.25, -0.2) is 0 Å². The largest absolute Gasteiger partial charge is 0.353 e. The third-order valence-corrected chi connectivity index (χ3v) is 3.45. The highest BCUT2D eigenvalue weighted by Crippen LogP contribution is 2.21. The summed E-state index contributed by atoms with van der Waals surface area (Å²) in [4.78, 5) is 2.24. The van der Waals surface area contributed by atoms with Crippen molar-refractivity contribution in [3.05, 3.63) is 41.4 Å². The molecule has 1 aliphatic heterocycles. The number of aromatic nitrogens is 2. The molecule has 5 heteroatoms. The Morgan fingerprint density at radius 2 is 1.89 bits per heavy atom. The van der Waals surface area contributed by atoms with Gasteiger partial charge in [0.2, 0.25) is 0 Å². The molecule has 1 N–H and O–H groups in total. The lowest BCUT2D eigenvalue weighted by Gasteiger charge is -2.27. The minimum absolute atomic E-state index is 0.713. The standard InChI is InChI=1S/C14H15ClN4/c15-12-3-1-2-11(10-12)13-4-5-14(18-17-13)19-8-6-16-7-9-19/h1-5,10,16H,6-9H2. The Hall–Kier alpha value is -1.65. The predicted molar refractivity (Wildman–Crippen MR) is 77.6 cm³/mol. The summed E-state index contributed by atoms with van der Waals surface area (Å²) in [6.45, 7) is 3.95. The van der Waals surface area contributed by atoms with E-state index in [1.165, 1.54) is 0 Å². The van der Waals surface area contributed by atoms with Gasteiger partial charge in [0.05, 0.1) is 5.69 Å². The average molecular weight is 275 g/mol. The minimum atomic E-state index is 0.713. The van der Waals surface area contributed by atoms with E-state index in [9.17, 15) is 0 Å². The molecule has 2 heterocycles. The van der Waals surface area contributed by atoms with Crippen LogP contribution in [0.5, 0.6) is 0 Å². The molecule has 0 atom stereocenters. The van der Waals surface area contributed by atoms with Crippen molar-refractivity contribution < 1.29 is 0 Å². The van der Waals surface area contributed by atoms with E-state index in [0.717, 1.165) is 43.3 Å². The van der Waals surface area contributed by atoms with E-state index in [0.29, 0.717) is 5.02 Å². The molecule has 1 aliphatic rings. The molecule has 1 fully saturated rings. The van der Waals surface area contributed by atoms with Gasteiger partial charge < -0.3 is 10.2 Å². The van der Waals surface area contributed by atoms with Gasteiger partial charge in [0.25, 0.3) is 0 Å². The van der Waals surface area contributed by atoms with E-state index in [1.54, 1.807) is 0 Å². The van der Waals surface area contributed by atoms with Crippen LogP contribution in [-0.4, -0.2) is 36.4 Å². The van der Waals surface area contributed by atoms with Crippen LogP contribution < -0.4 is 10.2 Å². The molecule has 0 amide bonds. The zero-order valence-electron chi connectivity index (χ0n) is 10.5. The smallest absolute Gasteiger partial charge is 0.151 e. The van der Waals surface area contributed by atoms with Gasteiger partial charge in [0.15, 0.2) is 5.82 Å². The zero-order chi connectivity index (χ0) is 13.1. The molecule has 1 saturated heterocycles. The van der Waals surface area contributed by atoms with Gasteiger partial charge in [-0.1, -0.05) is 23.7 Å². The Bertz CT molecular complexity index is 550. The quantitative estimate of drug-likeness (QED) is 0.912. The SMILES string of the molecule is Clc1cccc(-c2ccc(N3CCNCC3)nn2)c1. The molecule has 0 spiro atoms. The van der Waals surface area contributed by atoms with Crippen LogP contribution in [0.15, 0.2) is 36.4 Å². The van der Waals surface area contributed by atoms with Gasteiger partial charge in [-0.2, -0.15) is 0 Å². The molecule has 0 radical (unpaired) electrons. The van der Waals surface area contributed by atoms with Gasteiger partial charge >= 0.3 is 0 Å². The number of rotatable bonds is 2. The maximum atomic E-state index is 5.98. The van der Waals surface area contributed by atoms with Gasteiger partial charge in [-0.15, -0.1) is 10.2 Å². The Morgan fingerprint density at radius 1 is 1.05 bits per heavy atom. The van der Waals surface area contributed by atoms with Crippen LogP contribution in [0.2, 0.25) is 5.02 Å². The van der Waals surface area contributed by atoms with Crippen molar-refractivity contribution in [3.8, 4) is 11.3 Å². The number of anilines is 1. The van der Waals surface area contributed by atoms with Gasteiger partial charge in [-0.3, -0.25) is 0 Å². The van der Waals surface area contributed by atoms with Gasteiger partial charge in [0.1, 0.15) is 0 Å². The molecule has 1 aromatic heterocycles. The fraction of sp³-hybridized carbons (Fsp3) is 0.286. The second-order valence-corrected chi connectivity index (χ2v) is 4.96. The van der Waals surface area contributed by atoms with Crippen molar-refractivity contribution >= 4 is 17.4 Å². The number of hydrogen-bond donors (Lipinski definition) is 1. The maximum Gasteiger partial charge on any atom is 0.151 e. The fourth-order valence-corrected chi connectivity index (χ4v) is 2.38. The monoisotopic (exact) mass is 274 g/mol. The van der Waals surface area contributed by atoms with Crippen molar-refractivity contribution in [3.63, 3.8) is 0 Å². The van der Waals surface area contributed by atoms with E-state index in [1.807, 2.05) is 36.4 Å². The lowest BCUT2D eigenvalue weighted by molar-refractivity contribution is 0.583. The second-order valence-electron chi connectivity index (χ2n) is 4.52. The summed E-state index contributed by atoms with van der Waals surface area (Å²) in [7, 11) is 0. The van der Waals surface area contributed by atoms with Crippen molar-refractivity contribution in [1.82, 2.24) is 15.5 Å². The van der Waals surface area contributed by atoms with Crippen molar-refractivity contribution in [1.29, 1.82) is 0 Å². The molecular weight excluding hydrogens is 260 g/mol. The van der Waals surface area contributed by atoms with Crippen molar-refractivity contribution in [2.24, 2.45) is 0 Å². The number of hydrogen-bond acceptors (Lipinski definition) is 4. The normalized spacial score (nSPS) is 15.5. The van der Waals surface area contributed by atoms with E-state index >= 15 is 0 Å². The van der Waals surface area contributed by atoms with E-state index in [-0.39, 0.29) is 0 Å². The highest BCUT2D eigenvalue weighted by molar-refractivity contribution is 6.30. The summed E-state index contributed by atoms with van der Waals surface area (Å²) in [5.41, 5.74) is 1.84. The van der Waals surface area contributed by atoms with Crippen LogP contribution in [0.25, 0.3) is 11.3 Å². The highest BCUT2D eigenvalue weighted by Gasteiger charge is 2.12. The number of benzene rings is 1. The Balaban J connectivity index is 1.82. The predicted octanol–water partition coefficient (Wildman–Crippen LogP) is 2.21. The lowest BCUT2D eigenvalue weighted by Crippen LogP contribution is -2.43. The number of nitrogens with one attached hydrogen (secondary N) is 1. The zero-order valence-corrected chi connectivity index (χ0v) is 11.3. The summed E-state index contributed by atoms with van der Waals surface area (Å²) in [6, 6.07) is 11.7. The first kappa shape index (κ1) is 12.4. The first-order chi connectivity index (χ1) is 9.33. The third kappa shape index (κ3) is 2.85. The molecule has 2 aromatic rings. The molecule has 1 aromatic carbocycles. The number of nitrogens with zero attached hydrogens (tertiary/aromatic N) is 3. The van der Waals surface area contributed by atoms with Crippen LogP contribution in [0.1, 0.15) is 0 Å². The third-order valence-electron chi connectivity index (χ3n) is 3.21. The lowest BCUT2D eigenvalue weighted by atomic mass is 10.1. The van der Waals surface area contributed by atoms with Crippen LogP contribution in [0, 0.1) is 0 Å². The molecule has 0 bridgehead atoms. The van der Waals surface area contributed by atoms with E-state index < -0.39 is 0 Å². The molecule has 0 aliphatic carbocycles. The summed E-state index contributed by atoms with van der Waals surface area (Å²) in [5.74, 6) is 0.937. The summed E-state index contributed by atoms with van der Waals surface area (Å²) < 4.78 is 0. The van der Waals surface area contributed by atoms with E-state index in [2.05, 4.69) is 20.4 Å². The van der Waals surface area contributed by atoms with Crippen molar-refractivity contribution in [2.45, 2.75) is 0 Å². The Kier molecular flexibility index (Phi) is 3.62. The van der Waals surface area contributed by atoms with Gasteiger partial charge in [0, 0.05) is 36.8 Å². The van der Waals surface area contributed by atoms with Crippen LogP contribution in [0.4, 0.5) is 5.82 Å². The Morgan fingerprint density at radius 3 is 2.58 bits per heavy atom. The second kappa shape index (κ2) is 5.55. The number of piperazine rings is 1. The average Bonchev–Trinajstić information content (AvgIpc) is 2.48.